The molecule has 0 fully saturated rings. The van der Waals surface area contributed by atoms with Gasteiger partial charge in [0.1, 0.15) is 5.69 Å². The Balaban J connectivity index is 1.95. The zero-order chi connectivity index (χ0) is 15.0. The predicted octanol–water partition coefficient (Wildman–Crippen LogP) is 3.40. The average Bonchev–Trinajstić information content (AvgIpc) is 2.89. The molecule has 0 radical (unpaired) electrons. The lowest BCUT2D eigenvalue weighted by molar-refractivity contribution is 0.411. The van der Waals surface area contributed by atoms with Crippen LogP contribution in [-0.2, 0) is 6.42 Å². The zero-order valence-corrected chi connectivity index (χ0v) is 10.6. The molecule has 2 aromatic rings. The molecule has 7 heteroatoms. The fourth-order valence-electron chi connectivity index (χ4n) is 2.23. The lowest BCUT2D eigenvalue weighted by Crippen LogP contribution is -2.07. The monoisotopic (exact) mass is 295 g/mol. The number of nitrogens with zero attached hydrogens (tertiary/aromatic N) is 2. The van der Waals surface area contributed by atoms with Crippen molar-refractivity contribution >= 4 is 11.4 Å². The van der Waals surface area contributed by atoms with Crippen molar-refractivity contribution in [3.8, 4) is 0 Å². The molecule has 0 aliphatic heterocycles. The van der Waals surface area contributed by atoms with Gasteiger partial charge in [-0.15, -0.1) is 0 Å². The van der Waals surface area contributed by atoms with Crippen LogP contribution in [0.2, 0.25) is 0 Å². The van der Waals surface area contributed by atoms with Gasteiger partial charge in [-0.25, -0.2) is 0 Å². The average molecular weight is 295 g/mol. The third-order valence-electron chi connectivity index (χ3n) is 3.26. The van der Waals surface area contributed by atoms with Crippen LogP contribution in [-0.4, -0.2) is 10.7 Å². The van der Waals surface area contributed by atoms with Crippen LogP contribution in [0.4, 0.5) is 23.2 Å². The van der Waals surface area contributed by atoms with Gasteiger partial charge in [-0.3, -0.25) is 5.43 Å². The van der Waals surface area contributed by atoms with Crippen molar-refractivity contribution in [2.24, 2.45) is 5.10 Å². The molecule has 0 saturated heterocycles. The van der Waals surface area contributed by atoms with Crippen LogP contribution in [0.3, 0.4) is 0 Å². The molecular weight excluding hydrogens is 286 g/mol. The molecule has 0 amide bonds. The Morgan fingerprint density at radius 2 is 1.62 bits per heavy atom. The van der Waals surface area contributed by atoms with E-state index in [1.807, 2.05) is 24.3 Å². The van der Waals surface area contributed by atoms with Gasteiger partial charge < -0.3 is 0 Å². The fraction of sp³-hybridized carbons (Fsp3) is 0.143. The lowest BCUT2D eigenvalue weighted by atomic mass is 10.1. The molecule has 0 atom stereocenters. The van der Waals surface area contributed by atoms with E-state index in [0.29, 0.717) is 12.1 Å². The van der Waals surface area contributed by atoms with Crippen molar-refractivity contribution in [3.63, 3.8) is 0 Å². The number of hydrogen-bond donors (Lipinski definition) is 1. The molecule has 3 rings (SSSR count). The van der Waals surface area contributed by atoms with E-state index < -0.39 is 29.2 Å². The van der Waals surface area contributed by atoms with Gasteiger partial charge in [-0.05, 0) is 18.4 Å². The Hall–Kier alpha value is -2.44. The number of anilines is 1. The summed E-state index contributed by atoms with van der Waals surface area (Å²) in [5.41, 5.74) is 3.56. The van der Waals surface area contributed by atoms with Crippen molar-refractivity contribution in [1.29, 1.82) is 0 Å². The largest absolute Gasteiger partial charge is 0.272 e. The van der Waals surface area contributed by atoms with Crippen LogP contribution < -0.4 is 5.43 Å². The number of benzene rings is 1. The number of fused-ring (bicyclic) bond motifs is 1. The summed E-state index contributed by atoms with van der Waals surface area (Å²) in [5.74, 6) is -6.65. The molecule has 21 heavy (non-hydrogen) atoms. The summed E-state index contributed by atoms with van der Waals surface area (Å²) in [7, 11) is 0. The zero-order valence-electron chi connectivity index (χ0n) is 10.6. The quantitative estimate of drug-likeness (QED) is 0.524. The predicted molar refractivity (Wildman–Crippen MR) is 69.0 cm³/mol. The fourth-order valence-corrected chi connectivity index (χ4v) is 2.23. The minimum absolute atomic E-state index is 0.571. The van der Waals surface area contributed by atoms with Crippen LogP contribution in [0.15, 0.2) is 29.4 Å². The number of halogens is 4. The second-order valence-electron chi connectivity index (χ2n) is 4.52. The molecule has 1 N–H and O–H groups in total. The molecule has 1 heterocycles. The van der Waals surface area contributed by atoms with Gasteiger partial charge in [0.15, 0.2) is 0 Å². The highest BCUT2D eigenvalue weighted by molar-refractivity contribution is 6.04. The van der Waals surface area contributed by atoms with E-state index in [1.54, 1.807) is 0 Å². The minimum atomic E-state index is -1.72. The van der Waals surface area contributed by atoms with E-state index in [0.717, 1.165) is 17.5 Å². The lowest BCUT2D eigenvalue weighted by Gasteiger charge is -2.06. The van der Waals surface area contributed by atoms with Crippen LogP contribution >= 0.6 is 0 Å². The SMILES string of the molecule is Fc1nc(F)c(F)c(N/N=C2/CCc3ccccc32)c1F. The summed E-state index contributed by atoms with van der Waals surface area (Å²) >= 11 is 0. The van der Waals surface area contributed by atoms with Gasteiger partial charge in [-0.1, -0.05) is 24.3 Å². The van der Waals surface area contributed by atoms with E-state index in [1.165, 1.54) is 0 Å². The van der Waals surface area contributed by atoms with Crippen molar-refractivity contribution < 1.29 is 17.6 Å². The Kier molecular flexibility index (Phi) is 3.32. The third-order valence-corrected chi connectivity index (χ3v) is 3.26. The summed E-state index contributed by atoms with van der Waals surface area (Å²) in [5, 5.41) is 3.86. The first kappa shape index (κ1) is 13.5. The Morgan fingerprint density at radius 3 is 2.33 bits per heavy atom. The molecule has 1 aliphatic rings. The number of hydrogen-bond acceptors (Lipinski definition) is 3. The first-order valence-corrected chi connectivity index (χ1v) is 6.18. The van der Waals surface area contributed by atoms with Gasteiger partial charge in [0.25, 0.3) is 11.9 Å². The van der Waals surface area contributed by atoms with Gasteiger partial charge >= 0.3 is 0 Å². The smallest absolute Gasteiger partial charge is 0.254 e. The highest BCUT2D eigenvalue weighted by atomic mass is 19.2. The first-order chi connectivity index (χ1) is 10.1. The number of aryl methyl sites for hydroxylation is 1. The first-order valence-electron chi connectivity index (χ1n) is 6.18. The standard InChI is InChI=1S/C14H9F4N3/c15-10-12(11(16)14(18)19-13(10)17)21-20-9-6-5-7-3-1-2-4-8(7)9/h1-4H,5-6H2,(H,19,21)/b20-9-. The van der Waals surface area contributed by atoms with Crippen molar-refractivity contribution in [2.45, 2.75) is 12.8 Å². The molecule has 108 valence electrons. The van der Waals surface area contributed by atoms with Crippen molar-refractivity contribution in [2.75, 3.05) is 5.43 Å². The number of rotatable bonds is 2. The summed E-state index contributed by atoms with van der Waals surface area (Å²) in [6.07, 6.45) is 1.33. The van der Waals surface area contributed by atoms with Gasteiger partial charge in [-0.2, -0.15) is 27.6 Å². The second-order valence-corrected chi connectivity index (χ2v) is 4.52. The van der Waals surface area contributed by atoms with Crippen molar-refractivity contribution in [1.82, 2.24) is 4.98 Å². The topological polar surface area (TPSA) is 37.3 Å². The summed E-state index contributed by atoms with van der Waals surface area (Å²) in [6.45, 7) is 0. The molecule has 3 nitrogen and oxygen atoms in total. The van der Waals surface area contributed by atoms with E-state index >= 15 is 0 Å². The number of hydrazone groups is 1. The number of aromatic nitrogens is 1. The van der Waals surface area contributed by atoms with Crippen LogP contribution in [0, 0.1) is 23.5 Å². The molecule has 0 unspecified atom stereocenters. The van der Waals surface area contributed by atoms with Crippen molar-refractivity contribution in [3.05, 3.63) is 58.9 Å². The molecular formula is C14H9F4N3. The molecule has 1 aromatic heterocycles. The minimum Gasteiger partial charge on any atom is -0.272 e. The van der Waals surface area contributed by atoms with E-state index in [4.69, 9.17) is 0 Å². The molecule has 0 bridgehead atoms. The van der Waals surface area contributed by atoms with Gasteiger partial charge in [0, 0.05) is 5.56 Å². The van der Waals surface area contributed by atoms with E-state index in [2.05, 4.69) is 15.5 Å². The number of nitrogens with one attached hydrogen (secondary N) is 1. The third kappa shape index (κ3) is 2.35. The van der Waals surface area contributed by atoms with Crippen LogP contribution in [0.25, 0.3) is 0 Å². The summed E-state index contributed by atoms with van der Waals surface area (Å²) < 4.78 is 52.8. The second kappa shape index (κ2) is 5.16. The summed E-state index contributed by atoms with van der Waals surface area (Å²) in [4.78, 5) is 2.48. The van der Waals surface area contributed by atoms with Gasteiger partial charge in [0.2, 0.25) is 11.6 Å². The van der Waals surface area contributed by atoms with E-state index in [9.17, 15) is 17.6 Å². The number of pyridine rings is 1. The Morgan fingerprint density at radius 1 is 0.952 bits per heavy atom. The molecule has 1 aromatic carbocycles. The van der Waals surface area contributed by atoms with Crippen LogP contribution in [0.5, 0.6) is 0 Å². The van der Waals surface area contributed by atoms with E-state index in [-0.39, 0.29) is 0 Å². The Labute approximate surface area is 117 Å². The van der Waals surface area contributed by atoms with Crippen LogP contribution in [0.1, 0.15) is 17.5 Å². The maximum Gasteiger partial charge on any atom is 0.254 e. The highest BCUT2D eigenvalue weighted by Gasteiger charge is 2.22. The maximum absolute atomic E-state index is 13.4. The van der Waals surface area contributed by atoms with Gasteiger partial charge in [0.05, 0.1) is 5.71 Å². The Bertz CT molecular complexity index is 717. The molecule has 0 spiro atoms. The molecule has 0 saturated carbocycles. The molecule has 1 aliphatic carbocycles. The normalized spacial score (nSPS) is 15.3. The highest BCUT2D eigenvalue weighted by Crippen LogP contribution is 2.25. The summed E-state index contributed by atoms with van der Waals surface area (Å²) in [6, 6.07) is 7.43. The maximum atomic E-state index is 13.4.